The van der Waals surface area contributed by atoms with Crippen molar-refractivity contribution in [2.75, 3.05) is 0 Å². The van der Waals surface area contributed by atoms with Crippen molar-refractivity contribution in [2.24, 2.45) is 33.8 Å². The molecule has 3 aliphatic rings. The number of nitroso groups, excluding NO2 is 1. The van der Waals surface area contributed by atoms with Gasteiger partial charge < -0.3 is 10.2 Å². The smallest absolute Gasteiger partial charge is 0.210 e. The molecule has 1 spiro atoms. The SMILES string of the molecule is CC(C)C(=O)C1=C(O)C23CC(C(C)(C)N=O)C(C)(C)C2CC(=O)C3(O)C1=O. The molecule has 0 aromatic rings. The average Bonchev–Trinajstić information content (AvgIpc) is 3.03. The number of carbonyl (C=O) groups is 3. The van der Waals surface area contributed by atoms with E-state index in [0.717, 1.165) is 0 Å². The van der Waals surface area contributed by atoms with Crippen molar-refractivity contribution in [3.63, 3.8) is 0 Å². The first-order valence-electron chi connectivity index (χ1n) is 9.34. The third kappa shape index (κ3) is 1.98. The largest absolute Gasteiger partial charge is 0.511 e. The highest BCUT2D eigenvalue weighted by atomic mass is 16.3. The second kappa shape index (κ2) is 5.34. The lowest BCUT2D eigenvalue weighted by Crippen LogP contribution is -2.53. The lowest BCUT2D eigenvalue weighted by molar-refractivity contribution is -0.154. The number of hydrogen-bond donors (Lipinski definition) is 2. The van der Waals surface area contributed by atoms with Gasteiger partial charge >= 0.3 is 0 Å². The minimum absolute atomic E-state index is 0.0398. The number of ketones is 3. The van der Waals surface area contributed by atoms with E-state index in [-0.39, 0.29) is 12.8 Å². The lowest BCUT2D eigenvalue weighted by atomic mass is 9.66. The molecular formula is C20H27NO6. The summed E-state index contributed by atoms with van der Waals surface area (Å²) in [7, 11) is 0. The molecular weight excluding hydrogens is 350 g/mol. The Hall–Kier alpha value is -1.89. The number of carbonyl (C=O) groups excluding carboxylic acids is 3. The molecule has 4 unspecified atom stereocenters. The monoisotopic (exact) mass is 377 g/mol. The molecule has 0 aromatic carbocycles. The number of nitrogens with zero attached hydrogens (tertiary/aromatic N) is 1. The maximum Gasteiger partial charge on any atom is 0.210 e. The van der Waals surface area contributed by atoms with Crippen LogP contribution in [0.15, 0.2) is 16.5 Å². The van der Waals surface area contributed by atoms with E-state index in [0.29, 0.717) is 0 Å². The molecule has 0 aromatic heterocycles. The van der Waals surface area contributed by atoms with E-state index in [1.165, 1.54) is 0 Å². The quantitative estimate of drug-likeness (QED) is 0.441. The first-order valence-corrected chi connectivity index (χ1v) is 9.34. The normalized spacial score (nSPS) is 37.8. The van der Waals surface area contributed by atoms with Gasteiger partial charge in [0.25, 0.3) is 0 Å². The van der Waals surface area contributed by atoms with Crippen LogP contribution in [0.1, 0.15) is 54.4 Å². The first kappa shape index (κ1) is 19.9. The Morgan fingerprint density at radius 2 is 1.81 bits per heavy atom. The van der Waals surface area contributed by atoms with Crippen LogP contribution in [0, 0.1) is 33.5 Å². The Morgan fingerprint density at radius 3 is 2.30 bits per heavy atom. The van der Waals surface area contributed by atoms with Gasteiger partial charge in [0.15, 0.2) is 17.2 Å². The summed E-state index contributed by atoms with van der Waals surface area (Å²) in [6.07, 6.45) is -0.0496. The molecule has 0 heterocycles. The van der Waals surface area contributed by atoms with Gasteiger partial charge in [0.1, 0.15) is 16.9 Å². The zero-order valence-electron chi connectivity index (χ0n) is 16.6. The molecule has 3 rings (SSSR count). The third-order valence-electron chi connectivity index (χ3n) is 7.43. The molecule has 2 fully saturated rings. The summed E-state index contributed by atoms with van der Waals surface area (Å²) in [6.45, 7) is 10.2. The predicted molar refractivity (Wildman–Crippen MR) is 96.8 cm³/mol. The van der Waals surface area contributed by atoms with Crippen LogP contribution in [-0.2, 0) is 14.4 Å². The van der Waals surface area contributed by atoms with Crippen LogP contribution in [0.5, 0.6) is 0 Å². The number of rotatable bonds is 4. The van der Waals surface area contributed by atoms with Crippen molar-refractivity contribution >= 4 is 17.3 Å². The molecule has 0 bridgehead atoms. The Balaban J connectivity index is 2.30. The number of aliphatic hydroxyl groups is 2. The van der Waals surface area contributed by atoms with Crippen molar-refractivity contribution in [3.8, 4) is 0 Å². The van der Waals surface area contributed by atoms with Gasteiger partial charge in [-0.25, -0.2) is 0 Å². The molecule has 2 N–H and O–H groups in total. The molecule has 3 aliphatic carbocycles. The highest BCUT2D eigenvalue weighted by Gasteiger charge is 2.82. The van der Waals surface area contributed by atoms with Crippen molar-refractivity contribution in [1.82, 2.24) is 0 Å². The summed E-state index contributed by atoms with van der Waals surface area (Å²) in [5.41, 5.74) is -6.18. The molecule has 0 amide bonds. The van der Waals surface area contributed by atoms with E-state index in [1.54, 1.807) is 27.7 Å². The fourth-order valence-corrected chi connectivity index (χ4v) is 6.04. The van der Waals surface area contributed by atoms with Gasteiger partial charge in [-0.05, 0) is 37.5 Å². The van der Waals surface area contributed by atoms with Gasteiger partial charge in [0.2, 0.25) is 5.78 Å². The Labute approximate surface area is 158 Å². The molecule has 0 radical (unpaired) electrons. The summed E-state index contributed by atoms with van der Waals surface area (Å²) in [5, 5.41) is 25.7. The molecule has 4 atom stereocenters. The second-order valence-electron chi connectivity index (χ2n) is 9.76. The number of aliphatic hydroxyl groups excluding tert-OH is 1. The van der Waals surface area contributed by atoms with Crippen molar-refractivity contribution in [1.29, 1.82) is 0 Å². The van der Waals surface area contributed by atoms with Crippen LogP contribution in [0.4, 0.5) is 0 Å². The molecule has 7 heteroatoms. The van der Waals surface area contributed by atoms with E-state index < -0.39 is 68.4 Å². The van der Waals surface area contributed by atoms with Gasteiger partial charge in [-0.15, -0.1) is 0 Å². The van der Waals surface area contributed by atoms with E-state index >= 15 is 0 Å². The highest BCUT2D eigenvalue weighted by molar-refractivity contribution is 6.33. The molecule has 27 heavy (non-hydrogen) atoms. The summed E-state index contributed by atoms with van der Waals surface area (Å²) in [6, 6.07) is 0. The van der Waals surface area contributed by atoms with Crippen molar-refractivity contribution in [2.45, 2.75) is 65.5 Å². The average molecular weight is 377 g/mol. The zero-order chi connectivity index (χ0) is 20.7. The summed E-state index contributed by atoms with van der Waals surface area (Å²) in [4.78, 5) is 49.9. The fourth-order valence-electron chi connectivity index (χ4n) is 6.04. The van der Waals surface area contributed by atoms with Crippen LogP contribution >= 0.6 is 0 Å². The van der Waals surface area contributed by atoms with Gasteiger partial charge in [0.05, 0.1) is 5.41 Å². The summed E-state index contributed by atoms with van der Waals surface area (Å²) < 4.78 is 0. The summed E-state index contributed by atoms with van der Waals surface area (Å²) >= 11 is 0. The van der Waals surface area contributed by atoms with E-state index in [9.17, 15) is 29.5 Å². The molecule has 148 valence electrons. The topological polar surface area (TPSA) is 121 Å². The maximum absolute atomic E-state index is 13.1. The standard InChI is InChI=1S/C20H27NO6/c1-9(2)14(23)13-15(24)19-8-11(18(5,6)21-27)17(3,4)10(19)7-12(22)20(19,26)16(13)25/h9-11,24,26H,7-8H2,1-6H3. The van der Waals surface area contributed by atoms with Gasteiger partial charge in [0, 0.05) is 12.3 Å². The van der Waals surface area contributed by atoms with Crippen LogP contribution in [0.3, 0.4) is 0 Å². The van der Waals surface area contributed by atoms with Gasteiger partial charge in [-0.1, -0.05) is 32.9 Å². The van der Waals surface area contributed by atoms with Crippen LogP contribution in [0.2, 0.25) is 0 Å². The third-order valence-corrected chi connectivity index (χ3v) is 7.43. The maximum atomic E-state index is 13.1. The first-order chi connectivity index (χ1) is 12.2. The van der Waals surface area contributed by atoms with Crippen molar-refractivity contribution in [3.05, 3.63) is 16.2 Å². The molecule has 2 saturated carbocycles. The number of Topliss-reactive ketones (excluding diaryl/α,β-unsaturated/α-hetero) is 3. The molecule has 0 aliphatic heterocycles. The van der Waals surface area contributed by atoms with Crippen LogP contribution in [0.25, 0.3) is 0 Å². The zero-order valence-corrected chi connectivity index (χ0v) is 16.6. The molecule has 7 nitrogen and oxygen atoms in total. The van der Waals surface area contributed by atoms with Crippen LogP contribution < -0.4 is 0 Å². The van der Waals surface area contributed by atoms with Crippen LogP contribution in [-0.4, -0.2) is 38.7 Å². The second-order valence-corrected chi connectivity index (χ2v) is 9.76. The van der Waals surface area contributed by atoms with Gasteiger partial charge in [-0.3, -0.25) is 14.4 Å². The van der Waals surface area contributed by atoms with Gasteiger partial charge in [-0.2, -0.15) is 4.91 Å². The van der Waals surface area contributed by atoms with E-state index in [2.05, 4.69) is 5.18 Å². The fraction of sp³-hybridized carbons (Fsp3) is 0.750. The number of hydrogen-bond acceptors (Lipinski definition) is 7. The Morgan fingerprint density at radius 1 is 1.26 bits per heavy atom. The highest BCUT2D eigenvalue weighted by Crippen LogP contribution is 2.73. The summed E-state index contributed by atoms with van der Waals surface area (Å²) in [5.74, 6) is -4.28. The lowest BCUT2D eigenvalue weighted by Gasteiger charge is -2.38. The van der Waals surface area contributed by atoms with E-state index in [4.69, 9.17) is 0 Å². The minimum atomic E-state index is -2.45. The van der Waals surface area contributed by atoms with E-state index in [1.807, 2.05) is 13.8 Å². The Kier molecular flexibility index (Phi) is 3.93. The van der Waals surface area contributed by atoms with Crippen molar-refractivity contribution < 1.29 is 24.6 Å². The predicted octanol–water partition coefficient (Wildman–Crippen LogP) is 2.50. The molecule has 0 saturated heterocycles. The Bertz CT molecular complexity index is 807. The minimum Gasteiger partial charge on any atom is -0.511 e.